The zero-order valence-electron chi connectivity index (χ0n) is 10.6. The van der Waals surface area contributed by atoms with Crippen LogP contribution in [0.25, 0.3) is 10.9 Å². The Kier molecular flexibility index (Phi) is 2.57. The van der Waals surface area contributed by atoms with Gasteiger partial charge in [0.1, 0.15) is 5.72 Å². The fraction of sp³-hybridized carbons (Fsp3) is 0.357. The van der Waals surface area contributed by atoms with Gasteiger partial charge in [-0.15, -0.1) is 0 Å². The van der Waals surface area contributed by atoms with Gasteiger partial charge in [0.05, 0.1) is 12.1 Å². The molecule has 2 aromatic rings. The molecule has 1 aliphatic rings. The SMILES string of the molecule is Cc1cn2c3c(cc(I)cc3c1=O)COC2(C)C. The number of benzene rings is 1. The molecule has 0 unspecified atom stereocenters. The zero-order valence-corrected chi connectivity index (χ0v) is 12.7. The summed E-state index contributed by atoms with van der Waals surface area (Å²) in [5.41, 5.74) is 2.58. The van der Waals surface area contributed by atoms with E-state index in [0.717, 1.165) is 25.6 Å². The quantitative estimate of drug-likeness (QED) is 0.680. The van der Waals surface area contributed by atoms with Crippen molar-refractivity contribution in [1.29, 1.82) is 0 Å². The Hall–Kier alpha value is -0.880. The standard InChI is InChI=1S/C14H14INO2/c1-8-6-16-12-9(7-18-14(16,2)3)4-10(15)5-11(12)13(8)17/h4-6H,7H2,1-3H3. The second-order valence-corrected chi connectivity index (χ2v) is 6.45. The van der Waals surface area contributed by atoms with Crippen LogP contribution < -0.4 is 5.43 Å². The van der Waals surface area contributed by atoms with E-state index in [4.69, 9.17) is 4.74 Å². The monoisotopic (exact) mass is 355 g/mol. The maximum absolute atomic E-state index is 12.3. The minimum absolute atomic E-state index is 0.124. The number of hydrogen-bond acceptors (Lipinski definition) is 2. The van der Waals surface area contributed by atoms with Gasteiger partial charge in [-0.2, -0.15) is 0 Å². The van der Waals surface area contributed by atoms with Crippen molar-refractivity contribution in [3.63, 3.8) is 0 Å². The first kappa shape index (κ1) is 12.2. The summed E-state index contributed by atoms with van der Waals surface area (Å²) < 4.78 is 9.04. The van der Waals surface area contributed by atoms with Crippen LogP contribution in [0, 0.1) is 10.5 Å². The van der Waals surface area contributed by atoms with Crippen molar-refractivity contribution in [2.24, 2.45) is 0 Å². The predicted molar refractivity (Wildman–Crippen MR) is 79.8 cm³/mol. The topological polar surface area (TPSA) is 31.2 Å². The van der Waals surface area contributed by atoms with Gasteiger partial charge in [0.25, 0.3) is 0 Å². The third-order valence-corrected chi connectivity index (χ3v) is 4.10. The molecule has 2 heterocycles. The second kappa shape index (κ2) is 3.81. The van der Waals surface area contributed by atoms with E-state index in [1.54, 1.807) is 0 Å². The summed E-state index contributed by atoms with van der Waals surface area (Å²) in [4.78, 5) is 12.3. The van der Waals surface area contributed by atoms with Gasteiger partial charge in [-0.1, -0.05) is 0 Å². The van der Waals surface area contributed by atoms with Crippen molar-refractivity contribution in [3.8, 4) is 0 Å². The molecule has 0 saturated carbocycles. The van der Waals surface area contributed by atoms with E-state index in [9.17, 15) is 4.79 Å². The summed E-state index contributed by atoms with van der Waals surface area (Å²) in [7, 11) is 0. The van der Waals surface area contributed by atoms with Gasteiger partial charge in [0, 0.05) is 26.3 Å². The number of aryl methyl sites for hydroxylation is 1. The van der Waals surface area contributed by atoms with E-state index in [0.29, 0.717) is 6.61 Å². The molecule has 18 heavy (non-hydrogen) atoms. The van der Waals surface area contributed by atoms with Crippen LogP contribution >= 0.6 is 22.6 Å². The smallest absolute Gasteiger partial charge is 0.192 e. The molecular weight excluding hydrogens is 341 g/mol. The number of ether oxygens (including phenoxy) is 1. The predicted octanol–water partition coefficient (Wildman–Crippen LogP) is 3.14. The summed E-state index contributed by atoms with van der Waals surface area (Å²) >= 11 is 2.25. The summed E-state index contributed by atoms with van der Waals surface area (Å²) in [6, 6.07) is 4.05. The lowest BCUT2D eigenvalue weighted by Crippen LogP contribution is -2.35. The summed E-state index contributed by atoms with van der Waals surface area (Å²) in [5.74, 6) is 0. The molecule has 0 bridgehead atoms. The van der Waals surface area contributed by atoms with Gasteiger partial charge in [-0.25, -0.2) is 0 Å². The number of halogens is 1. The van der Waals surface area contributed by atoms with Gasteiger partial charge in [0.2, 0.25) is 0 Å². The lowest BCUT2D eigenvalue weighted by molar-refractivity contribution is -0.0937. The van der Waals surface area contributed by atoms with Crippen molar-refractivity contribution < 1.29 is 4.74 Å². The Morgan fingerprint density at radius 1 is 1.39 bits per heavy atom. The number of hydrogen-bond donors (Lipinski definition) is 0. The fourth-order valence-electron chi connectivity index (χ4n) is 2.50. The lowest BCUT2D eigenvalue weighted by Gasteiger charge is -2.35. The Morgan fingerprint density at radius 2 is 2.11 bits per heavy atom. The molecule has 0 amide bonds. The lowest BCUT2D eigenvalue weighted by atomic mass is 10.0. The van der Waals surface area contributed by atoms with Crippen LogP contribution in [0.1, 0.15) is 25.0 Å². The van der Waals surface area contributed by atoms with E-state index in [1.807, 2.05) is 33.0 Å². The molecule has 0 fully saturated rings. The van der Waals surface area contributed by atoms with E-state index in [-0.39, 0.29) is 5.43 Å². The number of rotatable bonds is 0. The highest BCUT2D eigenvalue weighted by molar-refractivity contribution is 14.1. The van der Waals surface area contributed by atoms with Crippen molar-refractivity contribution in [2.75, 3.05) is 0 Å². The Bertz CT molecular complexity index is 716. The minimum atomic E-state index is -0.406. The van der Waals surface area contributed by atoms with Crippen molar-refractivity contribution in [3.05, 3.63) is 43.2 Å². The van der Waals surface area contributed by atoms with E-state index in [1.165, 1.54) is 0 Å². The van der Waals surface area contributed by atoms with Gasteiger partial charge < -0.3 is 9.30 Å². The highest BCUT2D eigenvalue weighted by atomic mass is 127. The Morgan fingerprint density at radius 3 is 2.83 bits per heavy atom. The Labute approximate surface area is 119 Å². The maximum atomic E-state index is 12.3. The summed E-state index contributed by atoms with van der Waals surface area (Å²) in [5, 5.41) is 0.799. The third-order valence-electron chi connectivity index (χ3n) is 3.48. The summed E-state index contributed by atoms with van der Waals surface area (Å²) in [6.07, 6.45) is 1.90. The van der Waals surface area contributed by atoms with Crippen molar-refractivity contribution in [1.82, 2.24) is 4.57 Å². The van der Waals surface area contributed by atoms with Crippen LogP contribution in [0.15, 0.2) is 23.1 Å². The first-order chi connectivity index (χ1) is 8.40. The molecule has 0 spiro atoms. The highest BCUT2D eigenvalue weighted by Gasteiger charge is 2.28. The fourth-order valence-corrected chi connectivity index (χ4v) is 3.19. The van der Waals surface area contributed by atoms with Crippen molar-refractivity contribution in [2.45, 2.75) is 33.1 Å². The van der Waals surface area contributed by atoms with Crippen LogP contribution in [0.4, 0.5) is 0 Å². The Balaban J connectivity index is 2.58. The van der Waals surface area contributed by atoms with Gasteiger partial charge in [-0.3, -0.25) is 4.79 Å². The van der Waals surface area contributed by atoms with Crippen LogP contribution in [0.2, 0.25) is 0 Å². The highest BCUT2D eigenvalue weighted by Crippen LogP contribution is 2.32. The van der Waals surface area contributed by atoms with E-state index in [2.05, 4.69) is 33.2 Å². The summed E-state index contributed by atoms with van der Waals surface area (Å²) in [6.45, 7) is 6.47. The molecule has 1 aromatic carbocycles. The molecule has 4 heteroatoms. The number of pyridine rings is 1. The molecule has 3 nitrogen and oxygen atoms in total. The molecular formula is C14H14INO2. The number of aromatic nitrogens is 1. The zero-order chi connectivity index (χ0) is 13.1. The van der Waals surface area contributed by atoms with Gasteiger partial charge >= 0.3 is 0 Å². The first-order valence-corrected chi connectivity index (χ1v) is 6.97. The van der Waals surface area contributed by atoms with E-state index >= 15 is 0 Å². The average Bonchev–Trinajstić information content (AvgIpc) is 2.29. The minimum Gasteiger partial charge on any atom is -0.351 e. The maximum Gasteiger partial charge on any atom is 0.192 e. The van der Waals surface area contributed by atoms with Crippen LogP contribution in [0.5, 0.6) is 0 Å². The molecule has 0 radical (unpaired) electrons. The van der Waals surface area contributed by atoms with Gasteiger partial charge in [-0.05, 0) is 55.5 Å². The van der Waals surface area contributed by atoms with Crippen LogP contribution in [-0.2, 0) is 17.1 Å². The van der Waals surface area contributed by atoms with Crippen LogP contribution in [0.3, 0.4) is 0 Å². The molecule has 1 aromatic heterocycles. The molecule has 0 saturated heterocycles. The first-order valence-electron chi connectivity index (χ1n) is 5.89. The molecule has 3 rings (SSSR count). The average molecular weight is 355 g/mol. The molecule has 94 valence electrons. The van der Waals surface area contributed by atoms with Crippen LogP contribution in [-0.4, -0.2) is 4.57 Å². The second-order valence-electron chi connectivity index (χ2n) is 5.21. The molecule has 1 aliphatic heterocycles. The third kappa shape index (κ3) is 1.62. The van der Waals surface area contributed by atoms with Gasteiger partial charge in [0.15, 0.2) is 5.43 Å². The number of nitrogens with zero attached hydrogens (tertiary/aromatic N) is 1. The molecule has 0 N–H and O–H groups in total. The largest absolute Gasteiger partial charge is 0.351 e. The molecule has 0 atom stereocenters. The van der Waals surface area contributed by atoms with Crippen molar-refractivity contribution >= 4 is 33.5 Å². The normalized spacial score (nSPS) is 17.1. The molecule has 0 aliphatic carbocycles. The van der Waals surface area contributed by atoms with E-state index < -0.39 is 5.72 Å².